The summed E-state index contributed by atoms with van der Waals surface area (Å²) < 4.78 is 1.66. The maximum atomic E-state index is 12.2. The van der Waals surface area contributed by atoms with Crippen molar-refractivity contribution >= 4 is 17.5 Å². The Morgan fingerprint density at radius 1 is 1.50 bits per heavy atom. The Hall–Kier alpha value is -1.85. The van der Waals surface area contributed by atoms with Crippen LogP contribution in [0.1, 0.15) is 23.2 Å². The fourth-order valence-corrected chi connectivity index (χ4v) is 2.82. The Kier molecular flexibility index (Phi) is 4.75. The molecule has 22 heavy (non-hydrogen) atoms. The van der Waals surface area contributed by atoms with Crippen LogP contribution < -0.4 is 10.6 Å². The number of amides is 1. The molecule has 5 nitrogen and oxygen atoms in total. The molecule has 0 saturated carbocycles. The summed E-state index contributed by atoms with van der Waals surface area (Å²) >= 11 is 5.97. The van der Waals surface area contributed by atoms with Gasteiger partial charge in [0.1, 0.15) is 0 Å². The molecular formula is C16H19ClN4O. The average molecular weight is 319 g/mol. The van der Waals surface area contributed by atoms with Crippen LogP contribution in [0.3, 0.4) is 0 Å². The third-order valence-electron chi connectivity index (χ3n) is 3.87. The van der Waals surface area contributed by atoms with Crippen LogP contribution >= 0.6 is 11.6 Å². The van der Waals surface area contributed by atoms with Crippen molar-refractivity contribution in [2.45, 2.75) is 12.8 Å². The number of nitrogens with one attached hydrogen (secondary N) is 2. The molecule has 1 saturated heterocycles. The van der Waals surface area contributed by atoms with E-state index in [0.717, 1.165) is 25.2 Å². The summed E-state index contributed by atoms with van der Waals surface area (Å²) in [6.45, 7) is 2.76. The number of hydrogen-bond donors (Lipinski definition) is 2. The fourth-order valence-electron chi connectivity index (χ4n) is 2.64. The van der Waals surface area contributed by atoms with E-state index in [9.17, 15) is 4.79 Å². The molecule has 1 aromatic carbocycles. The first kappa shape index (κ1) is 15.1. The third kappa shape index (κ3) is 3.67. The predicted octanol–water partition coefficient (Wildman–Crippen LogP) is 2.26. The summed E-state index contributed by atoms with van der Waals surface area (Å²) in [7, 11) is 0. The lowest BCUT2D eigenvalue weighted by atomic mass is 10.00. The second-order valence-electron chi connectivity index (χ2n) is 5.58. The molecule has 0 radical (unpaired) electrons. The largest absolute Gasteiger partial charge is 0.352 e. The van der Waals surface area contributed by atoms with Crippen molar-refractivity contribution in [1.29, 1.82) is 0 Å². The molecule has 1 aliphatic rings. The van der Waals surface area contributed by atoms with Gasteiger partial charge in [0.25, 0.3) is 5.91 Å². The minimum Gasteiger partial charge on any atom is -0.352 e. The maximum Gasteiger partial charge on any atom is 0.254 e. The predicted molar refractivity (Wildman–Crippen MR) is 86.5 cm³/mol. The van der Waals surface area contributed by atoms with Crippen molar-refractivity contribution in [2.24, 2.45) is 5.92 Å². The van der Waals surface area contributed by atoms with E-state index in [-0.39, 0.29) is 5.91 Å². The van der Waals surface area contributed by atoms with Gasteiger partial charge in [0, 0.05) is 17.8 Å². The highest BCUT2D eigenvalue weighted by Gasteiger charge is 2.15. The highest BCUT2D eigenvalue weighted by atomic mass is 35.5. The SMILES string of the molecule is O=C(NCC1CCCNC1)c1cnn(-c2cccc(Cl)c2)c1. The third-order valence-corrected chi connectivity index (χ3v) is 4.10. The smallest absolute Gasteiger partial charge is 0.254 e. The number of halogens is 1. The van der Waals surface area contributed by atoms with E-state index < -0.39 is 0 Å². The molecule has 0 aliphatic carbocycles. The first-order valence-electron chi connectivity index (χ1n) is 7.52. The number of carbonyl (C=O) groups excluding carboxylic acids is 1. The Bertz CT molecular complexity index is 649. The van der Waals surface area contributed by atoms with Crippen molar-refractivity contribution < 1.29 is 4.79 Å². The summed E-state index contributed by atoms with van der Waals surface area (Å²) in [6.07, 6.45) is 5.64. The molecule has 1 aromatic heterocycles. The highest BCUT2D eigenvalue weighted by molar-refractivity contribution is 6.30. The van der Waals surface area contributed by atoms with Gasteiger partial charge >= 0.3 is 0 Å². The van der Waals surface area contributed by atoms with Gasteiger partial charge in [-0.15, -0.1) is 0 Å². The molecule has 116 valence electrons. The second-order valence-corrected chi connectivity index (χ2v) is 6.01. The number of nitrogens with zero attached hydrogens (tertiary/aromatic N) is 2. The van der Waals surface area contributed by atoms with Gasteiger partial charge in [0.15, 0.2) is 0 Å². The normalized spacial score (nSPS) is 18.1. The summed E-state index contributed by atoms with van der Waals surface area (Å²) in [5.74, 6) is 0.430. The Morgan fingerprint density at radius 3 is 3.18 bits per heavy atom. The summed E-state index contributed by atoms with van der Waals surface area (Å²) in [5, 5.41) is 11.2. The van der Waals surface area contributed by atoms with E-state index >= 15 is 0 Å². The van der Waals surface area contributed by atoms with Crippen LogP contribution in [0.25, 0.3) is 5.69 Å². The van der Waals surface area contributed by atoms with Gasteiger partial charge in [-0.05, 0) is 50.0 Å². The van der Waals surface area contributed by atoms with Gasteiger partial charge in [0.2, 0.25) is 0 Å². The van der Waals surface area contributed by atoms with E-state index in [0.29, 0.717) is 23.0 Å². The first-order valence-corrected chi connectivity index (χ1v) is 7.90. The molecule has 0 spiro atoms. The van der Waals surface area contributed by atoms with Gasteiger partial charge in [-0.2, -0.15) is 5.10 Å². The Labute approximate surface area is 134 Å². The van der Waals surface area contributed by atoms with Crippen LogP contribution in [0, 0.1) is 5.92 Å². The summed E-state index contributed by atoms with van der Waals surface area (Å²) in [4.78, 5) is 12.2. The van der Waals surface area contributed by atoms with Crippen LogP contribution in [0.15, 0.2) is 36.7 Å². The van der Waals surface area contributed by atoms with E-state index in [1.165, 1.54) is 6.42 Å². The van der Waals surface area contributed by atoms with Crippen molar-refractivity contribution in [3.8, 4) is 5.69 Å². The van der Waals surface area contributed by atoms with Gasteiger partial charge in [-0.1, -0.05) is 17.7 Å². The molecule has 1 atom stereocenters. The van der Waals surface area contributed by atoms with E-state index in [4.69, 9.17) is 11.6 Å². The molecule has 1 amide bonds. The van der Waals surface area contributed by atoms with Gasteiger partial charge in [0.05, 0.1) is 17.4 Å². The fraction of sp³-hybridized carbons (Fsp3) is 0.375. The molecule has 2 aromatic rings. The van der Waals surface area contributed by atoms with Crippen molar-refractivity contribution in [2.75, 3.05) is 19.6 Å². The van der Waals surface area contributed by atoms with Gasteiger partial charge in [-0.25, -0.2) is 4.68 Å². The maximum absolute atomic E-state index is 12.2. The lowest BCUT2D eigenvalue weighted by Gasteiger charge is -2.22. The number of benzene rings is 1. The van der Waals surface area contributed by atoms with Crippen LogP contribution in [0.2, 0.25) is 5.02 Å². The Balaban J connectivity index is 1.61. The quantitative estimate of drug-likeness (QED) is 0.909. The van der Waals surface area contributed by atoms with Crippen LogP contribution in [-0.2, 0) is 0 Å². The van der Waals surface area contributed by atoms with Crippen LogP contribution in [0.5, 0.6) is 0 Å². The minimum absolute atomic E-state index is 0.0844. The number of aromatic nitrogens is 2. The Morgan fingerprint density at radius 2 is 2.41 bits per heavy atom. The van der Waals surface area contributed by atoms with E-state index in [2.05, 4.69) is 15.7 Å². The topological polar surface area (TPSA) is 59.0 Å². The van der Waals surface area contributed by atoms with E-state index in [1.807, 2.05) is 18.2 Å². The zero-order valence-electron chi connectivity index (χ0n) is 12.3. The van der Waals surface area contributed by atoms with Crippen LogP contribution in [-0.4, -0.2) is 35.3 Å². The molecule has 1 fully saturated rings. The van der Waals surface area contributed by atoms with Crippen LogP contribution in [0.4, 0.5) is 0 Å². The summed E-state index contributed by atoms with van der Waals surface area (Å²) in [6, 6.07) is 7.37. The minimum atomic E-state index is -0.0844. The lowest BCUT2D eigenvalue weighted by molar-refractivity contribution is 0.0945. The molecule has 2 N–H and O–H groups in total. The second kappa shape index (κ2) is 6.94. The molecule has 2 heterocycles. The molecule has 1 aliphatic heterocycles. The van der Waals surface area contributed by atoms with Crippen molar-refractivity contribution in [3.05, 3.63) is 47.2 Å². The molecule has 1 unspecified atom stereocenters. The highest BCUT2D eigenvalue weighted by Crippen LogP contribution is 2.15. The number of carbonyl (C=O) groups is 1. The monoisotopic (exact) mass is 318 g/mol. The summed E-state index contributed by atoms with van der Waals surface area (Å²) in [5.41, 5.74) is 1.40. The lowest BCUT2D eigenvalue weighted by Crippen LogP contribution is -2.38. The number of rotatable bonds is 4. The zero-order valence-corrected chi connectivity index (χ0v) is 13.0. The number of hydrogen-bond acceptors (Lipinski definition) is 3. The van der Waals surface area contributed by atoms with Gasteiger partial charge < -0.3 is 10.6 Å². The standard InChI is InChI=1S/C16H19ClN4O/c17-14-4-1-5-15(7-14)21-11-13(10-20-21)16(22)19-9-12-3-2-6-18-8-12/h1,4-5,7,10-12,18H,2-3,6,8-9H2,(H,19,22). The zero-order chi connectivity index (χ0) is 15.4. The van der Waals surface area contributed by atoms with Crippen molar-refractivity contribution in [3.63, 3.8) is 0 Å². The molecular weight excluding hydrogens is 300 g/mol. The molecule has 6 heteroatoms. The van der Waals surface area contributed by atoms with Crippen molar-refractivity contribution in [1.82, 2.24) is 20.4 Å². The van der Waals surface area contributed by atoms with E-state index in [1.54, 1.807) is 23.1 Å². The van der Waals surface area contributed by atoms with Gasteiger partial charge in [-0.3, -0.25) is 4.79 Å². The first-order chi connectivity index (χ1) is 10.7. The molecule has 0 bridgehead atoms. The number of piperidine rings is 1. The molecule has 3 rings (SSSR count). The average Bonchev–Trinajstić information content (AvgIpc) is 3.04.